The van der Waals surface area contributed by atoms with Crippen molar-refractivity contribution in [3.8, 4) is 0 Å². The molecule has 0 amide bonds. The molecule has 2 aromatic heterocycles. The predicted molar refractivity (Wildman–Crippen MR) is 108 cm³/mol. The van der Waals surface area contributed by atoms with Gasteiger partial charge in [-0.25, -0.2) is 9.78 Å². The van der Waals surface area contributed by atoms with E-state index in [9.17, 15) is 9.59 Å². The summed E-state index contributed by atoms with van der Waals surface area (Å²) in [5.41, 5.74) is 3.30. The number of ether oxygens (including phenoxy) is 1. The summed E-state index contributed by atoms with van der Waals surface area (Å²) < 4.78 is 7.13. The number of aromatic nitrogens is 2. The monoisotopic (exact) mass is 416 g/mol. The molecule has 3 aromatic rings. The predicted octanol–water partition coefficient (Wildman–Crippen LogP) is 4.89. The Morgan fingerprint density at radius 1 is 1.07 bits per heavy atom. The molecule has 0 aliphatic rings. The lowest BCUT2D eigenvalue weighted by atomic mass is 10.1. The lowest BCUT2D eigenvalue weighted by Gasteiger charge is -2.11. The molecule has 144 valence electrons. The number of nitrogens with zero attached hydrogens (tertiary/aromatic N) is 2. The number of hydrogen-bond acceptors (Lipinski definition) is 4. The minimum Gasteiger partial charge on any atom is -0.454 e. The first-order valence-electron chi connectivity index (χ1n) is 8.59. The quantitative estimate of drug-likeness (QED) is 0.325. The van der Waals surface area contributed by atoms with Crippen LogP contribution in [0.5, 0.6) is 0 Å². The van der Waals surface area contributed by atoms with Crippen molar-refractivity contribution in [3.63, 3.8) is 0 Å². The Hall–Kier alpha value is -2.63. The number of Topliss-reactive ketones (excluding diaryl/α,β-unsaturated/α-hetero) is 1. The average Bonchev–Trinajstić information content (AvgIpc) is 2.96. The fourth-order valence-corrected chi connectivity index (χ4v) is 3.34. The van der Waals surface area contributed by atoms with E-state index in [4.69, 9.17) is 27.9 Å². The zero-order valence-corrected chi connectivity index (χ0v) is 16.9. The van der Waals surface area contributed by atoms with Gasteiger partial charge in [0.1, 0.15) is 5.15 Å². The van der Waals surface area contributed by atoms with Crippen LogP contribution in [0.4, 0.5) is 0 Å². The highest BCUT2D eigenvalue weighted by Crippen LogP contribution is 2.22. The first kappa shape index (κ1) is 20.1. The Labute approximate surface area is 172 Å². The fraction of sp³-hybridized carbons (Fsp3) is 0.190. The van der Waals surface area contributed by atoms with E-state index in [2.05, 4.69) is 4.98 Å². The van der Waals surface area contributed by atoms with Crippen LogP contribution in [0, 0.1) is 13.8 Å². The molecule has 0 saturated carbocycles. The van der Waals surface area contributed by atoms with Crippen molar-refractivity contribution >= 4 is 35.0 Å². The van der Waals surface area contributed by atoms with Crippen LogP contribution < -0.4 is 0 Å². The second-order valence-electron chi connectivity index (χ2n) is 6.30. The number of carbonyl (C=O) groups is 2. The molecule has 0 atom stereocenters. The smallest absolute Gasteiger partial charge is 0.341 e. The number of pyridine rings is 1. The molecule has 2 heterocycles. The van der Waals surface area contributed by atoms with E-state index in [1.165, 1.54) is 12.3 Å². The van der Waals surface area contributed by atoms with Gasteiger partial charge in [0.15, 0.2) is 6.61 Å². The SMILES string of the molecule is Cc1cc(C(=O)COC(=O)c2cccnc2Cl)c(C)n1Cc1ccccc1Cl. The van der Waals surface area contributed by atoms with Crippen molar-refractivity contribution in [1.82, 2.24) is 9.55 Å². The number of rotatable bonds is 6. The zero-order valence-electron chi connectivity index (χ0n) is 15.4. The van der Waals surface area contributed by atoms with Crippen LogP contribution in [0.1, 0.15) is 37.7 Å². The van der Waals surface area contributed by atoms with E-state index in [0.717, 1.165) is 17.0 Å². The fourth-order valence-electron chi connectivity index (χ4n) is 2.95. The molecule has 0 bridgehead atoms. The summed E-state index contributed by atoms with van der Waals surface area (Å²) in [6, 6.07) is 12.4. The third-order valence-electron chi connectivity index (χ3n) is 4.47. The Bertz CT molecular complexity index is 1040. The van der Waals surface area contributed by atoms with Gasteiger partial charge < -0.3 is 9.30 Å². The number of esters is 1. The summed E-state index contributed by atoms with van der Waals surface area (Å²) in [6.07, 6.45) is 1.47. The van der Waals surface area contributed by atoms with Crippen molar-refractivity contribution < 1.29 is 14.3 Å². The van der Waals surface area contributed by atoms with E-state index >= 15 is 0 Å². The van der Waals surface area contributed by atoms with Crippen LogP contribution in [0.2, 0.25) is 10.2 Å². The van der Waals surface area contributed by atoms with Gasteiger partial charge in [-0.3, -0.25) is 4.79 Å². The third kappa shape index (κ3) is 4.26. The van der Waals surface area contributed by atoms with Crippen molar-refractivity contribution in [2.24, 2.45) is 0 Å². The molecule has 0 saturated heterocycles. The summed E-state index contributed by atoms with van der Waals surface area (Å²) >= 11 is 12.1. The first-order chi connectivity index (χ1) is 13.4. The van der Waals surface area contributed by atoms with Crippen LogP contribution in [-0.4, -0.2) is 27.9 Å². The van der Waals surface area contributed by atoms with E-state index < -0.39 is 5.97 Å². The van der Waals surface area contributed by atoms with Gasteiger partial charge in [-0.05, 0) is 43.7 Å². The van der Waals surface area contributed by atoms with Crippen molar-refractivity contribution in [1.29, 1.82) is 0 Å². The van der Waals surface area contributed by atoms with E-state index in [1.54, 1.807) is 12.1 Å². The first-order valence-corrected chi connectivity index (χ1v) is 9.35. The maximum Gasteiger partial charge on any atom is 0.341 e. The zero-order chi connectivity index (χ0) is 20.3. The van der Waals surface area contributed by atoms with Crippen LogP contribution in [0.3, 0.4) is 0 Å². The van der Waals surface area contributed by atoms with E-state index in [1.807, 2.05) is 42.7 Å². The average molecular weight is 417 g/mol. The Balaban J connectivity index is 1.73. The van der Waals surface area contributed by atoms with Crippen LogP contribution in [0.15, 0.2) is 48.7 Å². The second-order valence-corrected chi connectivity index (χ2v) is 7.07. The minimum absolute atomic E-state index is 0.0397. The van der Waals surface area contributed by atoms with Gasteiger partial charge in [0, 0.05) is 34.7 Å². The maximum atomic E-state index is 12.6. The van der Waals surface area contributed by atoms with Crippen LogP contribution in [0.25, 0.3) is 0 Å². The Morgan fingerprint density at radius 3 is 2.54 bits per heavy atom. The number of hydrogen-bond donors (Lipinski definition) is 0. The molecule has 1 aromatic carbocycles. The highest BCUT2D eigenvalue weighted by Gasteiger charge is 2.19. The number of ketones is 1. The summed E-state index contributed by atoms with van der Waals surface area (Å²) in [5.74, 6) is -0.969. The largest absolute Gasteiger partial charge is 0.454 e. The number of benzene rings is 1. The topological polar surface area (TPSA) is 61.2 Å². The normalized spacial score (nSPS) is 10.7. The number of carbonyl (C=O) groups excluding carboxylic acids is 2. The molecule has 7 heteroatoms. The Kier molecular flexibility index (Phi) is 6.17. The summed E-state index contributed by atoms with van der Waals surface area (Å²) in [5, 5.41) is 0.711. The summed E-state index contributed by atoms with van der Waals surface area (Å²) in [7, 11) is 0. The van der Waals surface area contributed by atoms with E-state index in [-0.39, 0.29) is 23.1 Å². The molecule has 0 unspecified atom stereocenters. The summed E-state index contributed by atoms with van der Waals surface area (Å²) in [6.45, 7) is 3.95. The molecule has 0 aliphatic carbocycles. The standard InChI is InChI=1S/C21H18Cl2N2O3/c1-13-10-17(14(2)25(13)11-15-6-3-4-8-18(15)22)19(26)12-28-21(27)16-7-5-9-24-20(16)23/h3-10H,11-12H2,1-2H3. The number of aryl methyl sites for hydroxylation is 1. The second kappa shape index (κ2) is 8.59. The maximum absolute atomic E-state index is 12.6. The minimum atomic E-state index is -0.684. The molecule has 0 fully saturated rings. The summed E-state index contributed by atoms with van der Waals surface area (Å²) in [4.78, 5) is 28.6. The third-order valence-corrected chi connectivity index (χ3v) is 5.14. The lowest BCUT2D eigenvalue weighted by molar-refractivity contribution is 0.0474. The van der Waals surface area contributed by atoms with Gasteiger partial charge in [-0.15, -0.1) is 0 Å². The van der Waals surface area contributed by atoms with Gasteiger partial charge in [-0.1, -0.05) is 41.4 Å². The Morgan fingerprint density at radius 2 is 1.82 bits per heavy atom. The highest BCUT2D eigenvalue weighted by atomic mass is 35.5. The highest BCUT2D eigenvalue weighted by molar-refractivity contribution is 6.32. The van der Waals surface area contributed by atoms with Crippen LogP contribution in [-0.2, 0) is 11.3 Å². The van der Waals surface area contributed by atoms with Gasteiger partial charge >= 0.3 is 5.97 Å². The molecule has 0 N–H and O–H groups in total. The van der Waals surface area contributed by atoms with Gasteiger partial charge in [0.25, 0.3) is 0 Å². The molecular formula is C21H18Cl2N2O3. The molecule has 0 aliphatic heterocycles. The molecule has 28 heavy (non-hydrogen) atoms. The molecular weight excluding hydrogens is 399 g/mol. The van der Waals surface area contributed by atoms with Crippen molar-refractivity contribution in [2.75, 3.05) is 6.61 Å². The molecule has 0 radical (unpaired) electrons. The van der Waals surface area contributed by atoms with Gasteiger partial charge in [0.05, 0.1) is 5.56 Å². The van der Waals surface area contributed by atoms with Gasteiger partial charge in [0.2, 0.25) is 5.78 Å². The lowest BCUT2D eigenvalue weighted by Crippen LogP contribution is -2.15. The van der Waals surface area contributed by atoms with Crippen LogP contribution >= 0.6 is 23.2 Å². The van der Waals surface area contributed by atoms with Crippen molar-refractivity contribution in [3.05, 3.63) is 86.9 Å². The molecule has 5 nitrogen and oxygen atoms in total. The van der Waals surface area contributed by atoms with Gasteiger partial charge in [-0.2, -0.15) is 0 Å². The molecule has 0 spiro atoms. The number of halogens is 2. The molecule has 3 rings (SSSR count). The van der Waals surface area contributed by atoms with Crippen molar-refractivity contribution in [2.45, 2.75) is 20.4 Å². The van der Waals surface area contributed by atoms with E-state index in [0.29, 0.717) is 17.1 Å².